The van der Waals surface area contributed by atoms with E-state index in [4.69, 9.17) is 5.73 Å². The van der Waals surface area contributed by atoms with Gasteiger partial charge in [-0.1, -0.05) is 12.8 Å². The molecule has 0 aliphatic heterocycles. The van der Waals surface area contributed by atoms with Crippen LogP contribution in [0.4, 0.5) is 14.5 Å². The topological polar surface area (TPSA) is 63.4 Å². The summed E-state index contributed by atoms with van der Waals surface area (Å²) in [4.78, 5) is -0.572. The average molecular weight is 304 g/mol. The second kappa shape index (κ2) is 5.65. The van der Waals surface area contributed by atoms with E-state index in [2.05, 4.69) is 0 Å². The van der Waals surface area contributed by atoms with E-state index >= 15 is 0 Å². The zero-order chi connectivity index (χ0) is 14.9. The molecule has 1 aromatic rings. The van der Waals surface area contributed by atoms with Gasteiger partial charge in [0.05, 0.1) is 0 Å². The van der Waals surface area contributed by atoms with Crippen LogP contribution in [0.2, 0.25) is 0 Å². The molecule has 2 N–H and O–H groups in total. The number of hydrogen-bond donors (Lipinski definition) is 1. The van der Waals surface area contributed by atoms with Crippen LogP contribution in [-0.4, -0.2) is 26.3 Å². The standard InChI is InChI=1S/C13H18F2N2O2S/c1-17(8-9-4-2-3-5-9)20(18,19)11-7-6-10(14)13(16)12(11)15/h6-7,9H,2-5,8,16H2,1H3. The van der Waals surface area contributed by atoms with E-state index < -0.39 is 32.2 Å². The van der Waals surface area contributed by atoms with Crippen LogP contribution < -0.4 is 5.73 Å². The van der Waals surface area contributed by atoms with Gasteiger partial charge in [0.1, 0.15) is 16.4 Å². The van der Waals surface area contributed by atoms with Gasteiger partial charge in [0.2, 0.25) is 10.0 Å². The molecule has 112 valence electrons. The highest BCUT2D eigenvalue weighted by Crippen LogP contribution is 2.29. The van der Waals surface area contributed by atoms with Crippen LogP contribution in [-0.2, 0) is 10.0 Å². The fourth-order valence-electron chi connectivity index (χ4n) is 2.57. The number of nitrogen functional groups attached to an aromatic ring is 1. The number of rotatable bonds is 4. The van der Waals surface area contributed by atoms with Gasteiger partial charge in [-0.15, -0.1) is 0 Å². The molecule has 0 bridgehead atoms. The summed E-state index contributed by atoms with van der Waals surface area (Å²) in [6.07, 6.45) is 4.15. The summed E-state index contributed by atoms with van der Waals surface area (Å²) in [5.74, 6) is -1.88. The Morgan fingerprint density at radius 1 is 1.30 bits per heavy atom. The Hall–Kier alpha value is -1.21. The Morgan fingerprint density at radius 3 is 2.50 bits per heavy atom. The molecule has 0 radical (unpaired) electrons. The van der Waals surface area contributed by atoms with Crippen LogP contribution in [0, 0.1) is 17.6 Å². The van der Waals surface area contributed by atoms with E-state index in [0.717, 1.165) is 42.1 Å². The molecule has 1 aliphatic carbocycles. The zero-order valence-corrected chi connectivity index (χ0v) is 12.1. The predicted octanol–water partition coefficient (Wildman–Crippen LogP) is 2.36. The molecule has 20 heavy (non-hydrogen) atoms. The number of halogens is 2. The summed E-state index contributed by atoms with van der Waals surface area (Å²) < 4.78 is 52.7. The lowest BCUT2D eigenvalue weighted by Gasteiger charge is -2.21. The van der Waals surface area contributed by atoms with E-state index in [1.54, 1.807) is 0 Å². The highest BCUT2D eigenvalue weighted by Gasteiger charge is 2.29. The Labute approximate surface area is 117 Å². The minimum atomic E-state index is -3.98. The highest BCUT2D eigenvalue weighted by atomic mass is 32.2. The molecule has 2 rings (SSSR count). The highest BCUT2D eigenvalue weighted by molar-refractivity contribution is 7.89. The van der Waals surface area contributed by atoms with Gasteiger partial charge in [-0.25, -0.2) is 21.5 Å². The maximum atomic E-state index is 13.9. The van der Waals surface area contributed by atoms with Crippen molar-refractivity contribution in [3.8, 4) is 0 Å². The lowest BCUT2D eigenvalue weighted by Crippen LogP contribution is -2.32. The molecule has 0 heterocycles. The van der Waals surface area contributed by atoms with E-state index in [-0.39, 0.29) is 0 Å². The van der Waals surface area contributed by atoms with Crippen molar-refractivity contribution >= 4 is 15.7 Å². The molecule has 4 nitrogen and oxygen atoms in total. The van der Waals surface area contributed by atoms with E-state index in [1.807, 2.05) is 0 Å². The quantitative estimate of drug-likeness (QED) is 0.869. The Kier molecular flexibility index (Phi) is 4.29. The fourth-order valence-corrected chi connectivity index (χ4v) is 3.89. The molecule has 1 aromatic carbocycles. The Balaban J connectivity index is 2.27. The van der Waals surface area contributed by atoms with Crippen LogP contribution in [0.3, 0.4) is 0 Å². The van der Waals surface area contributed by atoms with Crippen LogP contribution in [0.15, 0.2) is 17.0 Å². The monoisotopic (exact) mass is 304 g/mol. The number of hydrogen-bond acceptors (Lipinski definition) is 3. The molecule has 0 aromatic heterocycles. The Morgan fingerprint density at radius 2 is 1.90 bits per heavy atom. The maximum Gasteiger partial charge on any atom is 0.245 e. The average Bonchev–Trinajstić information content (AvgIpc) is 2.88. The first-order chi connectivity index (χ1) is 9.34. The lowest BCUT2D eigenvalue weighted by molar-refractivity contribution is 0.385. The molecule has 0 spiro atoms. The van der Waals surface area contributed by atoms with Crippen molar-refractivity contribution in [3.63, 3.8) is 0 Å². The van der Waals surface area contributed by atoms with Crippen molar-refractivity contribution in [3.05, 3.63) is 23.8 Å². The summed E-state index contributed by atoms with van der Waals surface area (Å²) in [5.41, 5.74) is 4.45. The molecule has 1 saturated carbocycles. The molecule has 0 amide bonds. The van der Waals surface area contributed by atoms with Crippen molar-refractivity contribution in [2.45, 2.75) is 30.6 Å². The number of benzene rings is 1. The van der Waals surface area contributed by atoms with Gasteiger partial charge < -0.3 is 5.73 Å². The second-order valence-electron chi connectivity index (χ2n) is 5.21. The van der Waals surface area contributed by atoms with Crippen molar-refractivity contribution in [2.75, 3.05) is 19.3 Å². The summed E-state index contributed by atoms with van der Waals surface area (Å²) in [7, 11) is -2.58. The summed E-state index contributed by atoms with van der Waals surface area (Å²) >= 11 is 0. The third kappa shape index (κ3) is 2.78. The molecule has 1 aliphatic rings. The van der Waals surface area contributed by atoms with E-state index in [9.17, 15) is 17.2 Å². The van der Waals surface area contributed by atoms with Gasteiger partial charge in [-0.2, -0.15) is 0 Å². The van der Waals surface area contributed by atoms with Gasteiger partial charge in [0.15, 0.2) is 5.82 Å². The summed E-state index contributed by atoms with van der Waals surface area (Å²) in [5, 5.41) is 0. The number of sulfonamides is 1. The van der Waals surface area contributed by atoms with Gasteiger partial charge >= 0.3 is 0 Å². The molecular formula is C13H18F2N2O2S. The van der Waals surface area contributed by atoms with E-state index in [0.29, 0.717) is 12.5 Å². The van der Waals surface area contributed by atoms with Crippen molar-refractivity contribution in [1.82, 2.24) is 4.31 Å². The molecule has 7 heteroatoms. The van der Waals surface area contributed by atoms with Crippen LogP contribution in [0.25, 0.3) is 0 Å². The number of nitrogens with two attached hydrogens (primary N) is 1. The molecular weight excluding hydrogens is 286 g/mol. The maximum absolute atomic E-state index is 13.9. The zero-order valence-electron chi connectivity index (χ0n) is 11.3. The largest absolute Gasteiger partial charge is 0.394 e. The van der Waals surface area contributed by atoms with Crippen LogP contribution >= 0.6 is 0 Å². The number of anilines is 1. The third-order valence-electron chi connectivity index (χ3n) is 3.77. The third-order valence-corrected chi connectivity index (χ3v) is 5.61. The van der Waals surface area contributed by atoms with Gasteiger partial charge in [-0.3, -0.25) is 0 Å². The first-order valence-electron chi connectivity index (χ1n) is 6.54. The SMILES string of the molecule is CN(CC1CCCC1)S(=O)(=O)c1ccc(F)c(N)c1F. The minimum absolute atomic E-state index is 0.302. The normalized spacial score (nSPS) is 17.0. The Bertz CT molecular complexity index is 599. The van der Waals surface area contributed by atoms with Crippen molar-refractivity contribution in [2.24, 2.45) is 5.92 Å². The minimum Gasteiger partial charge on any atom is -0.394 e. The second-order valence-corrected chi connectivity index (χ2v) is 7.22. The molecule has 0 atom stereocenters. The first kappa shape index (κ1) is 15.2. The van der Waals surface area contributed by atoms with Gasteiger partial charge in [0, 0.05) is 13.6 Å². The molecule has 0 unspecified atom stereocenters. The van der Waals surface area contributed by atoms with Gasteiger partial charge in [-0.05, 0) is 30.9 Å². The summed E-state index contributed by atoms with van der Waals surface area (Å²) in [6, 6.07) is 1.79. The lowest BCUT2D eigenvalue weighted by atomic mass is 10.1. The van der Waals surface area contributed by atoms with Crippen molar-refractivity contribution in [1.29, 1.82) is 0 Å². The molecule has 0 saturated heterocycles. The molecule has 1 fully saturated rings. The first-order valence-corrected chi connectivity index (χ1v) is 7.98. The van der Waals surface area contributed by atoms with Crippen molar-refractivity contribution < 1.29 is 17.2 Å². The summed E-state index contributed by atoms with van der Waals surface area (Å²) in [6.45, 7) is 0.346. The smallest absolute Gasteiger partial charge is 0.245 e. The van der Waals surface area contributed by atoms with E-state index in [1.165, 1.54) is 7.05 Å². The fraction of sp³-hybridized carbons (Fsp3) is 0.538. The van der Waals surface area contributed by atoms with Crippen LogP contribution in [0.5, 0.6) is 0 Å². The number of nitrogens with zero attached hydrogens (tertiary/aromatic N) is 1. The predicted molar refractivity (Wildman–Crippen MR) is 72.5 cm³/mol. The van der Waals surface area contributed by atoms with Crippen LogP contribution in [0.1, 0.15) is 25.7 Å². The van der Waals surface area contributed by atoms with Gasteiger partial charge in [0.25, 0.3) is 0 Å².